The van der Waals surface area contributed by atoms with Gasteiger partial charge in [-0.3, -0.25) is 14.9 Å². The summed E-state index contributed by atoms with van der Waals surface area (Å²) in [6, 6.07) is 11.5. The Morgan fingerprint density at radius 1 is 1.17 bits per heavy atom. The molecule has 1 heterocycles. The number of benzene rings is 1. The summed E-state index contributed by atoms with van der Waals surface area (Å²) in [5.41, 5.74) is -0.321. The summed E-state index contributed by atoms with van der Waals surface area (Å²) in [7, 11) is 0. The highest BCUT2D eigenvalue weighted by Gasteiger charge is 2.13. The van der Waals surface area contributed by atoms with Gasteiger partial charge in [0.05, 0.1) is 0 Å². The van der Waals surface area contributed by atoms with Crippen LogP contribution in [0.25, 0.3) is 11.3 Å². The lowest BCUT2D eigenvalue weighted by Gasteiger charge is -2.09. The van der Waals surface area contributed by atoms with Gasteiger partial charge in [0, 0.05) is 11.3 Å². The number of H-pyrrole nitrogens is 2. The third-order valence-corrected chi connectivity index (χ3v) is 2.93. The number of aromatic amines is 2. The van der Waals surface area contributed by atoms with Crippen LogP contribution in [0.2, 0.25) is 0 Å². The molecule has 23 heavy (non-hydrogen) atoms. The van der Waals surface area contributed by atoms with E-state index in [-0.39, 0.29) is 21.7 Å². The van der Waals surface area contributed by atoms with Crippen LogP contribution in [-0.4, -0.2) is 15.2 Å². The first-order chi connectivity index (χ1) is 11.1. The van der Waals surface area contributed by atoms with E-state index in [0.717, 1.165) is 0 Å². The minimum atomic E-state index is -0.508. The van der Waals surface area contributed by atoms with Crippen molar-refractivity contribution in [2.75, 3.05) is 5.32 Å². The monoisotopic (exact) mass is 321 g/mol. The van der Waals surface area contributed by atoms with E-state index in [1.54, 1.807) is 42.5 Å². The van der Waals surface area contributed by atoms with E-state index >= 15 is 0 Å². The maximum Gasteiger partial charge on any atom is 0.278 e. The summed E-state index contributed by atoms with van der Waals surface area (Å²) < 4.78 is 0.0815. The highest BCUT2D eigenvalue weighted by Crippen LogP contribution is 2.25. The number of para-hydroxylation sites is 1. The van der Waals surface area contributed by atoms with E-state index < -0.39 is 5.56 Å². The van der Waals surface area contributed by atoms with E-state index in [1.165, 1.54) is 0 Å². The number of hydrogen-bond donors (Lipinski definition) is 3. The predicted molar refractivity (Wildman–Crippen MR) is 83.0 cm³/mol. The smallest absolute Gasteiger partial charge is 0.278 e. The number of nitrogens with zero attached hydrogens (tertiary/aromatic N) is 4. The molecule has 0 spiro atoms. The van der Waals surface area contributed by atoms with Gasteiger partial charge in [0.1, 0.15) is 23.9 Å². The second-order valence-electron chi connectivity index (χ2n) is 4.11. The molecule has 1 aromatic carbocycles. The van der Waals surface area contributed by atoms with Crippen molar-refractivity contribution >= 4 is 17.9 Å². The van der Waals surface area contributed by atoms with E-state index in [9.17, 15) is 4.79 Å². The molecular formula is C14H7N7OS. The largest absolute Gasteiger partial charge is 0.345 e. The van der Waals surface area contributed by atoms with Crippen molar-refractivity contribution in [2.24, 2.45) is 0 Å². The molecule has 0 saturated carbocycles. The maximum atomic E-state index is 12.0. The molecule has 0 radical (unpaired) electrons. The molecule has 0 unspecified atom stereocenters. The first-order valence-electron chi connectivity index (χ1n) is 6.10. The van der Waals surface area contributed by atoms with Gasteiger partial charge in [-0.25, -0.2) is 0 Å². The number of rotatable bonds is 3. The number of anilines is 1. The van der Waals surface area contributed by atoms with Crippen LogP contribution in [0, 0.1) is 38.8 Å². The van der Waals surface area contributed by atoms with Crippen LogP contribution in [0.5, 0.6) is 0 Å². The van der Waals surface area contributed by atoms with Crippen LogP contribution in [0.4, 0.5) is 5.69 Å². The fourth-order valence-corrected chi connectivity index (χ4v) is 1.89. The third kappa shape index (κ3) is 3.30. The van der Waals surface area contributed by atoms with Crippen molar-refractivity contribution in [2.45, 2.75) is 0 Å². The van der Waals surface area contributed by atoms with Gasteiger partial charge in [0.2, 0.25) is 0 Å². The third-order valence-electron chi connectivity index (χ3n) is 2.74. The lowest BCUT2D eigenvalue weighted by atomic mass is 10.1. The Labute approximate surface area is 134 Å². The fourth-order valence-electron chi connectivity index (χ4n) is 1.75. The van der Waals surface area contributed by atoms with Gasteiger partial charge in [0.15, 0.2) is 16.0 Å². The molecule has 0 aliphatic rings. The molecule has 0 amide bonds. The molecule has 2 rings (SSSR count). The lowest BCUT2D eigenvalue weighted by Crippen LogP contribution is -2.14. The van der Waals surface area contributed by atoms with Crippen molar-refractivity contribution in [3.63, 3.8) is 0 Å². The lowest BCUT2D eigenvalue weighted by molar-refractivity contribution is 0.932. The fraction of sp³-hybridized carbons (Fsp3) is 0. The average Bonchev–Trinajstić information content (AvgIpc) is 2.55. The molecule has 3 N–H and O–H groups in total. The molecule has 0 bridgehead atoms. The van der Waals surface area contributed by atoms with Gasteiger partial charge >= 0.3 is 0 Å². The Kier molecular flexibility index (Phi) is 4.63. The second kappa shape index (κ2) is 6.81. The molecular weight excluding hydrogens is 314 g/mol. The summed E-state index contributed by atoms with van der Waals surface area (Å²) in [6.07, 6.45) is 0. The average molecular weight is 321 g/mol. The molecule has 9 heteroatoms. The normalized spacial score (nSPS) is 9.09. The molecule has 110 valence electrons. The van der Waals surface area contributed by atoms with Crippen molar-refractivity contribution in [1.29, 1.82) is 15.8 Å². The van der Waals surface area contributed by atoms with Crippen LogP contribution < -0.4 is 10.9 Å². The molecule has 2 aromatic rings. The Bertz CT molecular complexity index is 1010. The highest BCUT2D eigenvalue weighted by molar-refractivity contribution is 7.71. The molecule has 0 aliphatic heterocycles. The Morgan fingerprint density at radius 2 is 1.87 bits per heavy atom. The van der Waals surface area contributed by atoms with Gasteiger partial charge < -0.3 is 5.32 Å². The Hall–Kier alpha value is -3.74. The highest BCUT2D eigenvalue weighted by atomic mass is 32.1. The summed E-state index contributed by atoms with van der Waals surface area (Å²) >= 11 is 4.78. The topological polar surface area (TPSA) is 145 Å². The molecule has 0 aliphatic carbocycles. The van der Waals surface area contributed by atoms with Crippen molar-refractivity contribution < 1.29 is 0 Å². The van der Waals surface area contributed by atoms with Crippen molar-refractivity contribution in [1.82, 2.24) is 15.2 Å². The van der Waals surface area contributed by atoms with Crippen LogP contribution >= 0.6 is 12.2 Å². The zero-order chi connectivity index (χ0) is 16.8. The standard InChI is InChI=1S/C14H7N7OS/c15-5-8(6-16)11(7-17)18-10-4-2-1-3-9(10)12-13(22)19-14(23)21-20-12/h1-4,18H,(H2,19,21,22,23). The molecule has 0 atom stereocenters. The predicted octanol–water partition coefficient (Wildman–Crippen LogP) is 1.73. The first kappa shape index (κ1) is 15.6. The Balaban J connectivity index is 2.60. The maximum absolute atomic E-state index is 12.0. The molecule has 0 fully saturated rings. The van der Waals surface area contributed by atoms with Gasteiger partial charge in [-0.05, 0) is 18.3 Å². The Morgan fingerprint density at radius 3 is 2.48 bits per heavy atom. The minimum absolute atomic E-state index is 0.0504. The van der Waals surface area contributed by atoms with Gasteiger partial charge in [-0.1, -0.05) is 18.2 Å². The van der Waals surface area contributed by atoms with E-state index in [0.29, 0.717) is 11.3 Å². The summed E-state index contributed by atoms with van der Waals surface area (Å²) in [4.78, 5) is 14.4. The summed E-state index contributed by atoms with van der Waals surface area (Å²) in [6.45, 7) is 0. The number of nitriles is 3. The van der Waals surface area contributed by atoms with Crippen LogP contribution in [0.3, 0.4) is 0 Å². The zero-order valence-electron chi connectivity index (χ0n) is 11.4. The van der Waals surface area contributed by atoms with E-state index in [2.05, 4.69) is 20.5 Å². The minimum Gasteiger partial charge on any atom is -0.345 e. The first-order valence-corrected chi connectivity index (χ1v) is 6.51. The van der Waals surface area contributed by atoms with E-state index in [1.807, 2.05) is 0 Å². The number of aromatic nitrogens is 3. The quantitative estimate of drug-likeness (QED) is 0.576. The van der Waals surface area contributed by atoms with Gasteiger partial charge in [0.25, 0.3) is 5.56 Å². The van der Waals surface area contributed by atoms with Gasteiger partial charge in [-0.15, -0.1) is 0 Å². The van der Waals surface area contributed by atoms with Crippen LogP contribution in [0.15, 0.2) is 40.3 Å². The van der Waals surface area contributed by atoms with Crippen LogP contribution in [0.1, 0.15) is 0 Å². The second-order valence-corrected chi connectivity index (χ2v) is 4.52. The number of nitrogens with one attached hydrogen (secondary N) is 3. The van der Waals surface area contributed by atoms with Gasteiger partial charge in [-0.2, -0.15) is 20.9 Å². The summed E-state index contributed by atoms with van der Waals surface area (Å²) in [5.74, 6) is 0. The SMILES string of the molecule is N#CC(C#N)=C(C#N)Nc1ccccc1-c1n[nH]c(=S)[nH]c1=O. The van der Waals surface area contributed by atoms with Crippen molar-refractivity contribution in [3.8, 4) is 29.5 Å². The van der Waals surface area contributed by atoms with Crippen LogP contribution in [-0.2, 0) is 0 Å². The molecule has 1 aromatic heterocycles. The number of allylic oxidation sites excluding steroid dienone is 2. The number of hydrogen-bond acceptors (Lipinski definition) is 7. The molecule has 0 saturated heterocycles. The van der Waals surface area contributed by atoms with Crippen molar-refractivity contribution in [3.05, 3.63) is 50.7 Å². The molecule has 8 nitrogen and oxygen atoms in total. The summed E-state index contributed by atoms with van der Waals surface area (Å²) in [5, 5.41) is 35.9. The van der Waals surface area contributed by atoms with E-state index in [4.69, 9.17) is 28.0 Å². The zero-order valence-corrected chi connectivity index (χ0v) is 12.2.